The van der Waals surface area contributed by atoms with Crippen LogP contribution in [0.3, 0.4) is 0 Å². The third-order valence-electron chi connectivity index (χ3n) is 5.39. The number of thioether (sulfide) groups is 1. The van der Waals surface area contributed by atoms with Crippen LogP contribution in [-0.2, 0) is 14.1 Å². The lowest BCUT2D eigenvalue weighted by molar-refractivity contribution is 0.102. The van der Waals surface area contributed by atoms with Gasteiger partial charge in [-0.15, -0.1) is 10.2 Å². The largest absolute Gasteiger partial charge is 0.496 e. The molecule has 2 N–H and O–H groups in total. The molecule has 35 heavy (non-hydrogen) atoms. The highest BCUT2D eigenvalue weighted by molar-refractivity contribution is 7.99. The molecule has 0 atom stereocenters. The van der Waals surface area contributed by atoms with Crippen molar-refractivity contribution >= 4 is 35.0 Å². The van der Waals surface area contributed by atoms with Gasteiger partial charge in [0.25, 0.3) is 5.56 Å². The first-order chi connectivity index (χ1) is 16.7. The third-order valence-corrected chi connectivity index (χ3v) is 6.57. The van der Waals surface area contributed by atoms with E-state index in [2.05, 4.69) is 10.2 Å². The van der Waals surface area contributed by atoms with Crippen LogP contribution in [0, 0.1) is 0 Å². The molecule has 4 aromatic rings. The molecule has 0 amide bonds. The van der Waals surface area contributed by atoms with E-state index in [4.69, 9.17) is 22.1 Å². The van der Waals surface area contributed by atoms with Gasteiger partial charge in [-0.05, 0) is 36.4 Å². The molecule has 0 radical (unpaired) electrons. The van der Waals surface area contributed by atoms with E-state index < -0.39 is 17.0 Å². The van der Waals surface area contributed by atoms with Gasteiger partial charge < -0.3 is 10.5 Å². The first-order valence-corrected chi connectivity index (χ1v) is 11.7. The lowest BCUT2D eigenvalue weighted by atomic mass is 10.2. The number of para-hydroxylation sites is 1. The number of anilines is 1. The molecule has 2 aromatic heterocycles. The van der Waals surface area contributed by atoms with Gasteiger partial charge >= 0.3 is 5.69 Å². The first-order valence-electron chi connectivity index (χ1n) is 10.3. The van der Waals surface area contributed by atoms with Gasteiger partial charge in [-0.2, -0.15) is 0 Å². The van der Waals surface area contributed by atoms with Crippen molar-refractivity contribution in [2.75, 3.05) is 18.6 Å². The third kappa shape index (κ3) is 4.47. The maximum Gasteiger partial charge on any atom is 0.332 e. The Morgan fingerprint density at radius 1 is 1.06 bits per heavy atom. The number of nitrogens with two attached hydrogens (primary N) is 1. The Hall–Kier alpha value is -3.83. The number of methoxy groups -OCH3 is 1. The van der Waals surface area contributed by atoms with Crippen LogP contribution in [0.1, 0.15) is 10.4 Å². The summed E-state index contributed by atoms with van der Waals surface area (Å²) in [5.74, 6) is 0.224. The molecular formula is C23H21ClN6O4S. The molecule has 180 valence electrons. The van der Waals surface area contributed by atoms with E-state index in [1.54, 1.807) is 35.9 Å². The second kappa shape index (κ2) is 9.80. The minimum absolute atomic E-state index is 0.157. The molecule has 0 bridgehead atoms. The predicted molar refractivity (Wildman–Crippen MR) is 135 cm³/mol. The molecule has 0 aliphatic carbocycles. The van der Waals surface area contributed by atoms with E-state index in [0.29, 0.717) is 33.0 Å². The van der Waals surface area contributed by atoms with E-state index in [1.165, 1.54) is 14.1 Å². The second-order valence-corrected chi connectivity index (χ2v) is 8.88. The second-order valence-electron chi connectivity index (χ2n) is 7.50. The van der Waals surface area contributed by atoms with Gasteiger partial charge in [0.1, 0.15) is 17.1 Å². The molecule has 0 aliphatic rings. The molecule has 0 aliphatic heterocycles. The van der Waals surface area contributed by atoms with E-state index in [0.717, 1.165) is 20.9 Å². The molecule has 12 heteroatoms. The molecule has 0 fully saturated rings. The number of ether oxygens (including phenoxy) is 1. The quantitative estimate of drug-likeness (QED) is 0.295. The summed E-state index contributed by atoms with van der Waals surface area (Å²) in [4.78, 5) is 37.7. The number of hydrogen-bond donors (Lipinski definition) is 1. The number of aromatic nitrogens is 5. The highest BCUT2D eigenvalue weighted by atomic mass is 35.5. The van der Waals surface area contributed by atoms with Gasteiger partial charge in [-0.25, -0.2) is 4.79 Å². The summed E-state index contributed by atoms with van der Waals surface area (Å²) in [7, 11) is 4.26. The molecule has 0 unspecified atom stereocenters. The number of nitrogens with zero attached hydrogens (tertiary/aromatic N) is 5. The summed E-state index contributed by atoms with van der Waals surface area (Å²) >= 11 is 7.16. The zero-order valence-corrected chi connectivity index (χ0v) is 20.6. The van der Waals surface area contributed by atoms with Crippen molar-refractivity contribution in [3.05, 3.63) is 80.0 Å². The zero-order chi connectivity index (χ0) is 25.3. The van der Waals surface area contributed by atoms with Gasteiger partial charge in [-0.3, -0.25) is 23.3 Å². The molecule has 4 rings (SSSR count). The van der Waals surface area contributed by atoms with E-state index in [-0.39, 0.29) is 17.1 Å². The normalized spacial score (nSPS) is 11.0. The number of carbonyl (C=O) groups is 1. The number of ketones is 1. The fourth-order valence-corrected chi connectivity index (χ4v) is 4.46. The summed E-state index contributed by atoms with van der Waals surface area (Å²) < 4.78 is 9.18. The molecule has 2 aromatic carbocycles. The number of nitrogen functional groups attached to an aromatic ring is 1. The molecule has 10 nitrogen and oxygen atoms in total. The van der Waals surface area contributed by atoms with Crippen LogP contribution in [-0.4, -0.2) is 42.5 Å². The van der Waals surface area contributed by atoms with Crippen LogP contribution < -0.4 is 21.7 Å². The molecule has 0 spiro atoms. The van der Waals surface area contributed by atoms with Crippen LogP contribution in [0.5, 0.6) is 5.75 Å². The Bertz CT molecular complexity index is 1540. The van der Waals surface area contributed by atoms with Gasteiger partial charge in [0.05, 0.1) is 18.4 Å². The highest BCUT2D eigenvalue weighted by Gasteiger charge is 2.23. The summed E-state index contributed by atoms with van der Waals surface area (Å²) in [5.41, 5.74) is 5.74. The molecule has 2 heterocycles. The summed E-state index contributed by atoms with van der Waals surface area (Å²) in [6, 6.07) is 14.4. The number of hydrogen-bond acceptors (Lipinski definition) is 8. The first kappa shape index (κ1) is 24.3. The smallest absolute Gasteiger partial charge is 0.332 e. The van der Waals surface area contributed by atoms with Crippen LogP contribution in [0.2, 0.25) is 5.02 Å². The Morgan fingerprint density at radius 3 is 2.43 bits per heavy atom. The monoisotopic (exact) mass is 512 g/mol. The summed E-state index contributed by atoms with van der Waals surface area (Å²) in [5, 5.41) is 9.61. The lowest BCUT2D eigenvalue weighted by Gasteiger charge is -2.13. The van der Waals surface area contributed by atoms with Crippen LogP contribution >= 0.6 is 23.4 Å². The Balaban J connectivity index is 1.76. The average molecular weight is 513 g/mol. The number of Topliss-reactive ketones (excluding diaryl/α,β-unsaturated/α-hetero) is 1. The Kier molecular flexibility index (Phi) is 6.81. The van der Waals surface area contributed by atoms with Crippen molar-refractivity contribution in [1.29, 1.82) is 0 Å². The van der Waals surface area contributed by atoms with Crippen molar-refractivity contribution in [2.45, 2.75) is 5.16 Å². The SMILES string of the molecule is COc1ccccc1-c1nnc(SCC(=O)c2c(N)n(C)c(=O)n(C)c2=O)n1-c1ccc(Cl)cc1. The fourth-order valence-electron chi connectivity index (χ4n) is 3.51. The van der Waals surface area contributed by atoms with Crippen molar-refractivity contribution < 1.29 is 9.53 Å². The van der Waals surface area contributed by atoms with Crippen molar-refractivity contribution in [3.63, 3.8) is 0 Å². The molecular weight excluding hydrogens is 492 g/mol. The maximum absolute atomic E-state index is 13.0. The van der Waals surface area contributed by atoms with Crippen LogP contribution in [0.15, 0.2) is 63.3 Å². The molecule has 0 saturated carbocycles. The van der Waals surface area contributed by atoms with E-state index in [1.807, 2.05) is 24.3 Å². The van der Waals surface area contributed by atoms with Crippen LogP contribution in [0.4, 0.5) is 5.82 Å². The van der Waals surface area contributed by atoms with Crippen molar-refractivity contribution in [2.24, 2.45) is 14.1 Å². The van der Waals surface area contributed by atoms with E-state index in [9.17, 15) is 14.4 Å². The van der Waals surface area contributed by atoms with Gasteiger partial charge in [0.15, 0.2) is 16.8 Å². The number of rotatable bonds is 7. The number of benzene rings is 2. The maximum atomic E-state index is 13.0. The summed E-state index contributed by atoms with van der Waals surface area (Å²) in [6.45, 7) is 0. The highest BCUT2D eigenvalue weighted by Crippen LogP contribution is 2.33. The Morgan fingerprint density at radius 2 is 1.74 bits per heavy atom. The number of halogens is 1. The van der Waals surface area contributed by atoms with Gasteiger partial charge in [-0.1, -0.05) is 35.5 Å². The van der Waals surface area contributed by atoms with Gasteiger partial charge in [0, 0.05) is 24.8 Å². The average Bonchev–Trinajstić information content (AvgIpc) is 3.29. The van der Waals surface area contributed by atoms with Crippen molar-refractivity contribution in [1.82, 2.24) is 23.9 Å². The van der Waals surface area contributed by atoms with Crippen LogP contribution in [0.25, 0.3) is 17.1 Å². The lowest BCUT2D eigenvalue weighted by Crippen LogP contribution is -2.41. The minimum Gasteiger partial charge on any atom is -0.496 e. The van der Waals surface area contributed by atoms with Gasteiger partial charge in [0.2, 0.25) is 0 Å². The predicted octanol–water partition coefficient (Wildman–Crippen LogP) is 2.55. The van der Waals surface area contributed by atoms with E-state index >= 15 is 0 Å². The molecule has 0 saturated heterocycles. The van der Waals surface area contributed by atoms with Crippen molar-refractivity contribution in [3.8, 4) is 22.8 Å². The Labute approximate surface area is 208 Å². The fraction of sp³-hybridized carbons (Fsp3) is 0.174. The summed E-state index contributed by atoms with van der Waals surface area (Å²) in [6.07, 6.45) is 0. The zero-order valence-electron chi connectivity index (χ0n) is 19.1. The number of carbonyl (C=O) groups excluding carboxylic acids is 1. The minimum atomic E-state index is -0.745. The topological polar surface area (TPSA) is 127 Å². The standard InChI is InChI=1S/C23H21ClN6O4S/c1-28-19(25)18(21(32)29(2)23(28)33)16(31)12-35-22-27-26-20(15-6-4-5-7-17(15)34-3)30(22)14-10-8-13(24)9-11-14/h4-11H,12,25H2,1-3H3.